The van der Waals surface area contributed by atoms with E-state index in [1.165, 1.54) is 0 Å². The van der Waals surface area contributed by atoms with Crippen molar-refractivity contribution in [3.8, 4) is 5.75 Å². The van der Waals surface area contributed by atoms with Crippen LogP contribution in [0.3, 0.4) is 0 Å². The van der Waals surface area contributed by atoms with Crippen molar-refractivity contribution in [2.75, 3.05) is 26.2 Å². The molecule has 2 unspecified atom stereocenters. The van der Waals surface area contributed by atoms with Gasteiger partial charge in [-0.2, -0.15) is 0 Å². The minimum atomic E-state index is -0.117. The molecule has 3 nitrogen and oxygen atoms in total. The zero-order valence-electron chi connectivity index (χ0n) is 11.4. The highest BCUT2D eigenvalue weighted by atomic mass is 79.9. The molecule has 0 bridgehead atoms. The molecular weight excluding hydrogens is 306 g/mol. The highest BCUT2D eigenvalue weighted by Gasteiger charge is 2.25. The summed E-state index contributed by atoms with van der Waals surface area (Å²) in [7, 11) is 0. The average molecular weight is 328 g/mol. The first-order valence-electron chi connectivity index (χ1n) is 6.98. The van der Waals surface area contributed by atoms with Gasteiger partial charge in [-0.25, -0.2) is 0 Å². The number of nitrogens with zero attached hydrogens (tertiary/aromatic N) is 1. The van der Waals surface area contributed by atoms with Gasteiger partial charge in [-0.1, -0.05) is 22.9 Å². The second kappa shape index (κ2) is 7.27. The number of aliphatic hydroxyl groups excluding tert-OH is 1. The molecule has 19 heavy (non-hydrogen) atoms. The Balaban J connectivity index is 1.72. The Labute approximate surface area is 123 Å². The highest BCUT2D eigenvalue weighted by molar-refractivity contribution is 9.10. The molecule has 4 heteroatoms. The zero-order valence-corrected chi connectivity index (χ0v) is 13.0. The zero-order chi connectivity index (χ0) is 13.7. The van der Waals surface area contributed by atoms with E-state index < -0.39 is 0 Å². The van der Waals surface area contributed by atoms with Crippen molar-refractivity contribution < 1.29 is 9.84 Å². The fraction of sp³-hybridized carbons (Fsp3) is 0.600. The standard InChI is InChI=1S/C15H22BrNO2/c1-2-12-11-17(8-7-15(12)18)9-10-19-14-5-3-13(16)4-6-14/h3-6,12,15,18H,2,7-11H2,1H3. The predicted octanol–water partition coefficient (Wildman–Crippen LogP) is 2.92. The maximum absolute atomic E-state index is 9.85. The molecular formula is C15H22BrNO2. The van der Waals surface area contributed by atoms with E-state index in [4.69, 9.17) is 4.74 Å². The van der Waals surface area contributed by atoms with Crippen molar-refractivity contribution in [2.24, 2.45) is 5.92 Å². The molecule has 1 aliphatic rings. The minimum Gasteiger partial charge on any atom is -0.492 e. The monoisotopic (exact) mass is 327 g/mol. The molecule has 1 aromatic carbocycles. The van der Waals surface area contributed by atoms with Crippen LogP contribution < -0.4 is 4.74 Å². The molecule has 2 atom stereocenters. The fourth-order valence-corrected chi connectivity index (χ4v) is 2.79. The van der Waals surface area contributed by atoms with E-state index >= 15 is 0 Å². The maximum Gasteiger partial charge on any atom is 0.119 e. The van der Waals surface area contributed by atoms with Gasteiger partial charge in [0.2, 0.25) is 0 Å². The van der Waals surface area contributed by atoms with Crippen LogP contribution in [0.15, 0.2) is 28.7 Å². The van der Waals surface area contributed by atoms with Gasteiger partial charge in [-0.15, -0.1) is 0 Å². The number of benzene rings is 1. The summed E-state index contributed by atoms with van der Waals surface area (Å²) in [6, 6.07) is 7.91. The SMILES string of the molecule is CCC1CN(CCOc2ccc(Br)cc2)CCC1O. The second-order valence-corrected chi connectivity index (χ2v) is 6.04. The Bertz CT molecular complexity index is 382. The minimum absolute atomic E-state index is 0.117. The third kappa shape index (κ3) is 4.48. The molecule has 0 radical (unpaired) electrons. The topological polar surface area (TPSA) is 32.7 Å². The van der Waals surface area contributed by atoms with Crippen LogP contribution in [-0.2, 0) is 0 Å². The number of ether oxygens (including phenoxy) is 1. The molecule has 0 saturated carbocycles. The Hall–Kier alpha value is -0.580. The summed E-state index contributed by atoms with van der Waals surface area (Å²) in [5.74, 6) is 1.33. The van der Waals surface area contributed by atoms with Crippen molar-refractivity contribution in [2.45, 2.75) is 25.9 Å². The number of likely N-dealkylation sites (tertiary alicyclic amines) is 1. The van der Waals surface area contributed by atoms with E-state index in [9.17, 15) is 5.11 Å². The lowest BCUT2D eigenvalue weighted by atomic mass is 9.92. The molecule has 1 aromatic rings. The number of rotatable bonds is 5. The predicted molar refractivity (Wildman–Crippen MR) is 80.5 cm³/mol. The van der Waals surface area contributed by atoms with Gasteiger partial charge in [0, 0.05) is 24.1 Å². The van der Waals surface area contributed by atoms with E-state index in [0.29, 0.717) is 12.5 Å². The summed E-state index contributed by atoms with van der Waals surface area (Å²) in [6.45, 7) is 5.74. The first kappa shape index (κ1) is 14.8. The van der Waals surface area contributed by atoms with Crippen molar-refractivity contribution in [3.63, 3.8) is 0 Å². The molecule has 1 N–H and O–H groups in total. The Morgan fingerprint density at radius 2 is 2.11 bits per heavy atom. The Morgan fingerprint density at radius 1 is 1.37 bits per heavy atom. The first-order valence-corrected chi connectivity index (χ1v) is 7.77. The van der Waals surface area contributed by atoms with E-state index in [-0.39, 0.29) is 6.10 Å². The molecule has 0 amide bonds. The van der Waals surface area contributed by atoms with Crippen LogP contribution in [0.2, 0.25) is 0 Å². The molecule has 1 aliphatic heterocycles. The quantitative estimate of drug-likeness (QED) is 0.902. The van der Waals surface area contributed by atoms with Gasteiger partial charge in [0.25, 0.3) is 0 Å². The van der Waals surface area contributed by atoms with Gasteiger partial charge in [0.1, 0.15) is 12.4 Å². The summed E-state index contributed by atoms with van der Waals surface area (Å²) < 4.78 is 6.80. The van der Waals surface area contributed by atoms with Crippen LogP contribution in [0.1, 0.15) is 19.8 Å². The lowest BCUT2D eigenvalue weighted by Crippen LogP contribution is -2.44. The fourth-order valence-electron chi connectivity index (χ4n) is 2.52. The Morgan fingerprint density at radius 3 is 2.79 bits per heavy atom. The van der Waals surface area contributed by atoms with Gasteiger partial charge >= 0.3 is 0 Å². The van der Waals surface area contributed by atoms with E-state index in [1.54, 1.807) is 0 Å². The van der Waals surface area contributed by atoms with Gasteiger partial charge in [0.05, 0.1) is 6.10 Å². The van der Waals surface area contributed by atoms with Gasteiger partial charge in [0.15, 0.2) is 0 Å². The summed E-state index contributed by atoms with van der Waals surface area (Å²) in [5, 5.41) is 9.85. The maximum atomic E-state index is 9.85. The van der Waals surface area contributed by atoms with Crippen molar-refractivity contribution in [1.29, 1.82) is 0 Å². The van der Waals surface area contributed by atoms with Crippen LogP contribution in [-0.4, -0.2) is 42.4 Å². The second-order valence-electron chi connectivity index (χ2n) is 5.13. The number of piperidine rings is 1. The molecule has 1 heterocycles. The summed E-state index contributed by atoms with van der Waals surface area (Å²) in [4.78, 5) is 2.39. The van der Waals surface area contributed by atoms with Gasteiger partial charge < -0.3 is 9.84 Å². The third-order valence-corrected chi connectivity index (χ3v) is 4.32. The number of hydrogen-bond acceptors (Lipinski definition) is 3. The molecule has 2 rings (SSSR count). The average Bonchev–Trinajstić information content (AvgIpc) is 2.43. The van der Waals surface area contributed by atoms with Crippen molar-refractivity contribution >= 4 is 15.9 Å². The van der Waals surface area contributed by atoms with Crippen LogP contribution >= 0.6 is 15.9 Å². The number of aliphatic hydroxyl groups is 1. The molecule has 0 spiro atoms. The van der Waals surface area contributed by atoms with Crippen molar-refractivity contribution in [3.05, 3.63) is 28.7 Å². The molecule has 1 saturated heterocycles. The molecule has 0 aliphatic carbocycles. The highest BCUT2D eigenvalue weighted by Crippen LogP contribution is 2.20. The summed E-state index contributed by atoms with van der Waals surface area (Å²) >= 11 is 3.41. The Kier molecular flexibility index (Phi) is 5.67. The largest absolute Gasteiger partial charge is 0.492 e. The van der Waals surface area contributed by atoms with Crippen LogP contribution in [0.4, 0.5) is 0 Å². The number of hydrogen-bond donors (Lipinski definition) is 1. The van der Waals surface area contributed by atoms with Crippen LogP contribution in [0.5, 0.6) is 5.75 Å². The molecule has 0 aromatic heterocycles. The number of halogens is 1. The molecule has 106 valence electrons. The van der Waals surface area contributed by atoms with Crippen LogP contribution in [0.25, 0.3) is 0 Å². The van der Waals surface area contributed by atoms with E-state index in [0.717, 1.165) is 42.7 Å². The van der Waals surface area contributed by atoms with Crippen molar-refractivity contribution in [1.82, 2.24) is 4.90 Å². The lowest BCUT2D eigenvalue weighted by Gasteiger charge is -2.35. The van der Waals surface area contributed by atoms with Gasteiger partial charge in [-0.3, -0.25) is 4.90 Å². The normalized spacial score (nSPS) is 24.4. The van der Waals surface area contributed by atoms with E-state index in [1.807, 2.05) is 24.3 Å². The smallest absolute Gasteiger partial charge is 0.119 e. The van der Waals surface area contributed by atoms with Crippen LogP contribution in [0, 0.1) is 5.92 Å². The summed E-state index contributed by atoms with van der Waals surface area (Å²) in [6.07, 6.45) is 1.82. The third-order valence-electron chi connectivity index (χ3n) is 3.79. The summed E-state index contributed by atoms with van der Waals surface area (Å²) in [5.41, 5.74) is 0. The van der Waals surface area contributed by atoms with E-state index in [2.05, 4.69) is 27.8 Å². The van der Waals surface area contributed by atoms with Gasteiger partial charge in [-0.05, 0) is 43.0 Å². The first-order chi connectivity index (χ1) is 9.19. The molecule has 1 fully saturated rings. The lowest BCUT2D eigenvalue weighted by molar-refractivity contribution is 0.0209.